The summed E-state index contributed by atoms with van der Waals surface area (Å²) in [5.41, 5.74) is 2.23. The number of halogens is 1. The van der Waals surface area contributed by atoms with Gasteiger partial charge in [-0.25, -0.2) is 0 Å². The van der Waals surface area contributed by atoms with Crippen molar-refractivity contribution in [2.75, 3.05) is 14.2 Å². The summed E-state index contributed by atoms with van der Waals surface area (Å²) in [6.07, 6.45) is 7.59. The van der Waals surface area contributed by atoms with Crippen molar-refractivity contribution in [3.8, 4) is 16.9 Å². The number of carbonyl (C=O) groups excluding carboxylic acids is 1. The van der Waals surface area contributed by atoms with Gasteiger partial charge in [0.15, 0.2) is 5.78 Å². The van der Waals surface area contributed by atoms with Gasteiger partial charge < -0.3 is 9.30 Å². The molecule has 152 valence electrons. The molecule has 5 nitrogen and oxygen atoms in total. The molecule has 0 spiro atoms. The molecule has 0 N–H and O–H groups in total. The molecule has 1 unspecified atom stereocenters. The van der Waals surface area contributed by atoms with E-state index >= 15 is 0 Å². The molecule has 2 rings (SSSR count). The highest BCUT2D eigenvalue weighted by Gasteiger charge is 2.18. The van der Waals surface area contributed by atoms with E-state index in [1.54, 1.807) is 42.1 Å². The zero-order valence-corrected chi connectivity index (χ0v) is 17.9. The average molecular weight is 413 g/mol. The van der Waals surface area contributed by atoms with Crippen LogP contribution in [0.15, 0.2) is 65.1 Å². The van der Waals surface area contributed by atoms with Gasteiger partial charge in [-0.2, -0.15) is 0 Å². The molecular weight excluding hydrogens is 388 g/mol. The number of pyridine rings is 1. The quantitative estimate of drug-likeness (QED) is 0.342. The van der Waals surface area contributed by atoms with Crippen LogP contribution in [0.25, 0.3) is 11.1 Å². The summed E-state index contributed by atoms with van der Waals surface area (Å²) < 4.78 is 7.15. The second-order valence-electron chi connectivity index (χ2n) is 6.61. The predicted octanol–water partition coefficient (Wildman–Crippen LogP) is 5.14. The highest BCUT2D eigenvalue weighted by molar-refractivity contribution is 6.31. The van der Waals surface area contributed by atoms with Crippen LogP contribution in [0.4, 0.5) is 0 Å². The second-order valence-corrected chi connectivity index (χ2v) is 7.05. The van der Waals surface area contributed by atoms with Gasteiger partial charge in [-0.05, 0) is 43.7 Å². The number of ether oxygens (including phenoxy) is 1. The van der Waals surface area contributed by atoms with E-state index in [0.717, 1.165) is 5.71 Å². The zero-order valence-electron chi connectivity index (χ0n) is 17.1. The van der Waals surface area contributed by atoms with Crippen LogP contribution in [0.5, 0.6) is 5.75 Å². The maximum Gasteiger partial charge on any atom is 0.251 e. The monoisotopic (exact) mass is 412 g/mol. The van der Waals surface area contributed by atoms with Crippen LogP contribution in [-0.4, -0.2) is 30.2 Å². The Morgan fingerprint density at radius 2 is 2.07 bits per heavy atom. The molecule has 1 aromatic carbocycles. The first kappa shape index (κ1) is 22.4. The topological polar surface area (TPSA) is 60.7 Å². The van der Waals surface area contributed by atoms with Crippen molar-refractivity contribution >= 4 is 23.1 Å². The minimum absolute atomic E-state index is 0.117. The van der Waals surface area contributed by atoms with Gasteiger partial charge in [-0.15, -0.1) is 0 Å². The van der Waals surface area contributed by atoms with Crippen LogP contribution in [0.3, 0.4) is 0 Å². The Hall–Kier alpha value is -2.92. The normalized spacial score (nSPS) is 12.8. The molecule has 0 bridgehead atoms. The average Bonchev–Trinajstić information content (AvgIpc) is 2.70. The lowest BCUT2D eigenvalue weighted by atomic mass is 9.97. The lowest BCUT2D eigenvalue weighted by Gasteiger charge is -2.19. The molecule has 2 aromatic rings. The van der Waals surface area contributed by atoms with Gasteiger partial charge in [0, 0.05) is 47.4 Å². The highest BCUT2D eigenvalue weighted by Crippen LogP contribution is 2.34. The largest absolute Gasteiger partial charge is 0.495 e. The van der Waals surface area contributed by atoms with E-state index in [2.05, 4.69) is 11.6 Å². The molecule has 6 heteroatoms. The predicted molar refractivity (Wildman–Crippen MR) is 120 cm³/mol. The number of nitrogens with zero attached hydrogens (tertiary/aromatic N) is 2. The van der Waals surface area contributed by atoms with Crippen molar-refractivity contribution in [3.63, 3.8) is 0 Å². The number of benzene rings is 1. The molecule has 0 saturated heterocycles. The third-order valence-corrected chi connectivity index (χ3v) is 4.84. The number of rotatable bonds is 8. The zero-order chi connectivity index (χ0) is 21.6. The van der Waals surface area contributed by atoms with Crippen LogP contribution >= 0.6 is 11.6 Å². The number of hydrogen-bond donors (Lipinski definition) is 0. The SMILES string of the molecule is C=C/C=C\C(CC(C)n1cc(OC)c(-c2cc(Cl)ccc2C(C)=O)cc1=O)=NC. The van der Waals surface area contributed by atoms with Crippen molar-refractivity contribution in [2.45, 2.75) is 26.3 Å². The Labute approximate surface area is 176 Å². The van der Waals surface area contributed by atoms with E-state index in [-0.39, 0.29) is 17.4 Å². The van der Waals surface area contributed by atoms with E-state index in [9.17, 15) is 9.59 Å². The number of ketones is 1. The fourth-order valence-corrected chi connectivity index (χ4v) is 3.28. The van der Waals surface area contributed by atoms with Crippen molar-refractivity contribution in [3.05, 3.63) is 76.2 Å². The molecule has 0 aliphatic heterocycles. The highest BCUT2D eigenvalue weighted by atomic mass is 35.5. The number of Topliss-reactive ketones (excluding diaryl/α,β-unsaturated/α-hetero) is 1. The molecule has 0 aliphatic carbocycles. The number of hydrogen-bond acceptors (Lipinski definition) is 4. The van der Waals surface area contributed by atoms with Gasteiger partial charge in [-0.3, -0.25) is 14.6 Å². The molecule has 1 heterocycles. The fraction of sp³-hybridized carbons (Fsp3) is 0.261. The van der Waals surface area contributed by atoms with Gasteiger partial charge in [0.25, 0.3) is 5.56 Å². The van der Waals surface area contributed by atoms with Crippen molar-refractivity contribution < 1.29 is 9.53 Å². The molecule has 0 amide bonds. The molecule has 0 aliphatic rings. The van der Waals surface area contributed by atoms with Gasteiger partial charge in [0.1, 0.15) is 5.75 Å². The summed E-state index contributed by atoms with van der Waals surface area (Å²) in [6, 6.07) is 6.31. The van der Waals surface area contributed by atoms with Crippen molar-refractivity contribution in [2.24, 2.45) is 4.99 Å². The standard InChI is InChI=1S/C23H25ClN2O3/c1-6-7-8-18(25-4)11-15(2)26-14-22(29-5)21(13-23(26)28)20-12-17(24)9-10-19(20)16(3)27/h6-10,12-15H,1,11H2,2-5H3/b8-7-,25-18?. The first-order chi connectivity index (χ1) is 13.8. The summed E-state index contributed by atoms with van der Waals surface area (Å²) in [6.45, 7) is 7.07. The van der Waals surface area contributed by atoms with Crippen LogP contribution in [0, 0.1) is 0 Å². The van der Waals surface area contributed by atoms with Crippen molar-refractivity contribution in [1.82, 2.24) is 4.57 Å². The first-order valence-electron chi connectivity index (χ1n) is 9.18. The number of aromatic nitrogens is 1. The minimum Gasteiger partial charge on any atom is -0.495 e. The Morgan fingerprint density at radius 3 is 2.66 bits per heavy atom. The molecule has 1 aromatic heterocycles. The number of allylic oxidation sites excluding steroid dienone is 3. The van der Waals surface area contributed by atoms with Crippen molar-refractivity contribution in [1.29, 1.82) is 0 Å². The van der Waals surface area contributed by atoms with Crippen LogP contribution in [0.2, 0.25) is 5.02 Å². The lowest BCUT2D eigenvalue weighted by molar-refractivity contribution is 0.101. The van der Waals surface area contributed by atoms with E-state index in [1.807, 2.05) is 19.1 Å². The first-order valence-corrected chi connectivity index (χ1v) is 9.56. The third-order valence-electron chi connectivity index (χ3n) is 4.61. The van der Waals surface area contributed by atoms with E-state index in [1.165, 1.54) is 20.1 Å². The summed E-state index contributed by atoms with van der Waals surface area (Å²) in [7, 11) is 3.24. The smallest absolute Gasteiger partial charge is 0.251 e. The Balaban J connectivity index is 2.54. The van der Waals surface area contributed by atoms with E-state index in [4.69, 9.17) is 16.3 Å². The Morgan fingerprint density at radius 1 is 1.34 bits per heavy atom. The molecule has 0 radical (unpaired) electrons. The third kappa shape index (κ3) is 5.33. The summed E-state index contributed by atoms with van der Waals surface area (Å²) in [5, 5.41) is 0.474. The Kier molecular flexibility index (Phi) is 7.74. The van der Waals surface area contributed by atoms with Gasteiger partial charge in [0.2, 0.25) is 0 Å². The lowest BCUT2D eigenvalue weighted by Crippen LogP contribution is -2.24. The summed E-state index contributed by atoms with van der Waals surface area (Å²) in [4.78, 5) is 29.2. The molecule has 1 atom stereocenters. The molecule has 0 fully saturated rings. The summed E-state index contributed by atoms with van der Waals surface area (Å²) in [5.74, 6) is 0.368. The van der Waals surface area contributed by atoms with E-state index < -0.39 is 0 Å². The number of aliphatic imine (C=N–C) groups is 1. The number of methoxy groups -OCH3 is 1. The Bertz CT molecular complexity index is 1030. The van der Waals surface area contributed by atoms with Crippen LogP contribution in [-0.2, 0) is 0 Å². The van der Waals surface area contributed by atoms with Gasteiger partial charge >= 0.3 is 0 Å². The molecule has 29 heavy (non-hydrogen) atoms. The maximum atomic E-state index is 12.9. The number of carbonyl (C=O) groups is 1. The van der Waals surface area contributed by atoms with Crippen LogP contribution < -0.4 is 10.3 Å². The van der Waals surface area contributed by atoms with Crippen LogP contribution in [0.1, 0.15) is 36.7 Å². The van der Waals surface area contributed by atoms with Gasteiger partial charge in [0.05, 0.1) is 13.3 Å². The molecule has 0 saturated carbocycles. The van der Waals surface area contributed by atoms with Gasteiger partial charge in [-0.1, -0.05) is 30.3 Å². The second kappa shape index (κ2) is 10.0. The maximum absolute atomic E-state index is 12.9. The fourth-order valence-electron chi connectivity index (χ4n) is 3.11. The summed E-state index contributed by atoms with van der Waals surface area (Å²) >= 11 is 6.14. The van der Waals surface area contributed by atoms with E-state index in [0.29, 0.717) is 33.9 Å². The molecular formula is C23H25ClN2O3. The minimum atomic E-state index is -0.203.